The minimum absolute atomic E-state index is 0. The van der Waals surface area contributed by atoms with Gasteiger partial charge in [0.2, 0.25) is 5.91 Å². The van der Waals surface area contributed by atoms with Gasteiger partial charge in [0.1, 0.15) is 0 Å². The monoisotopic (exact) mass is 357 g/mol. The second-order valence-electron chi connectivity index (χ2n) is 6.14. The van der Waals surface area contributed by atoms with Crippen LogP contribution in [0.2, 0.25) is 5.02 Å². The number of nitrogens with one attached hydrogen (secondary N) is 3. The van der Waals surface area contributed by atoms with E-state index in [0.29, 0.717) is 22.2 Å². The number of halogens is 2. The van der Waals surface area contributed by atoms with E-state index in [4.69, 9.17) is 11.6 Å². The fourth-order valence-electron chi connectivity index (χ4n) is 2.40. The lowest BCUT2D eigenvalue weighted by molar-refractivity contribution is -0.121. The van der Waals surface area contributed by atoms with Gasteiger partial charge in [-0.05, 0) is 50.0 Å². The van der Waals surface area contributed by atoms with Crippen molar-refractivity contribution in [2.24, 2.45) is 11.8 Å². The highest BCUT2D eigenvalue weighted by Gasteiger charge is 2.29. The molecule has 126 valence electrons. The normalized spacial score (nSPS) is 18.3. The van der Waals surface area contributed by atoms with E-state index in [1.165, 1.54) is 0 Å². The summed E-state index contributed by atoms with van der Waals surface area (Å²) in [7, 11) is 0. The quantitative estimate of drug-likeness (QED) is 0.757. The van der Waals surface area contributed by atoms with Crippen molar-refractivity contribution >= 4 is 41.5 Å². The maximum absolute atomic E-state index is 12.2. The summed E-state index contributed by atoms with van der Waals surface area (Å²) in [5.41, 5.74) is 1.01. The number of amides is 2. The summed E-state index contributed by atoms with van der Waals surface area (Å²) in [6.07, 6.45) is 2.04. The van der Waals surface area contributed by atoms with Crippen LogP contribution in [0.1, 0.15) is 30.1 Å². The van der Waals surface area contributed by atoms with Crippen LogP contribution in [-0.4, -0.2) is 30.9 Å². The third kappa shape index (κ3) is 4.37. The summed E-state index contributed by atoms with van der Waals surface area (Å²) in [6.45, 7) is 3.69. The third-order valence-electron chi connectivity index (χ3n) is 4.32. The molecule has 7 heteroatoms. The average Bonchev–Trinajstić information content (AvgIpc) is 3.22. The number of carbonyl (C=O) groups is 2. The molecule has 1 aromatic carbocycles. The zero-order chi connectivity index (χ0) is 15.7. The van der Waals surface area contributed by atoms with E-state index >= 15 is 0 Å². The van der Waals surface area contributed by atoms with E-state index in [0.717, 1.165) is 25.9 Å². The van der Waals surface area contributed by atoms with Crippen molar-refractivity contribution in [3.8, 4) is 0 Å². The Kier molecular flexibility index (Phi) is 5.89. The SMILES string of the molecule is CC(C(=O)Nc1ccc(Cl)c(C(=O)NC2CC2)c1)C1CNC1.Cl. The molecule has 1 aliphatic carbocycles. The van der Waals surface area contributed by atoms with Gasteiger partial charge in [-0.3, -0.25) is 9.59 Å². The van der Waals surface area contributed by atoms with Gasteiger partial charge in [-0.15, -0.1) is 12.4 Å². The molecule has 23 heavy (non-hydrogen) atoms. The zero-order valence-corrected chi connectivity index (χ0v) is 14.5. The number of anilines is 1. The van der Waals surface area contributed by atoms with Gasteiger partial charge in [0.25, 0.3) is 5.91 Å². The summed E-state index contributed by atoms with van der Waals surface area (Å²) < 4.78 is 0. The Morgan fingerprint density at radius 1 is 1.30 bits per heavy atom. The van der Waals surface area contributed by atoms with Gasteiger partial charge in [0, 0.05) is 17.6 Å². The molecule has 0 radical (unpaired) electrons. The molecule has 2 aliphatic rings. The molecular formula is C16H21Cl2N3O2. The molecule has 3 N–H and O–H groups in total. The molecule has 1 aliphatic heterocycles. The van der Waals surface area contributed by atoms with Gasteiger partial charge in [-0.25, -0.2) is 0 Å². The molecule has 0 spiro atoms. The van der Waals surface area contributed by atoms with Crippen LogP contribution in [-0.2, 0) is 4.79 Å². The third-order valence-corrected chi connectivity index (χ3v) is 4.65. The standard InChI is InChI=1S/C16H20ClN3O2.ClH/c1-9(10-7-18-8-10)15(21)20-12-4-5-14(17)13(6-12)16(22)19-11-2-3-11;/h4-6,9-11,18H,2-3,7-8H2,1H3,(H,19,22)(H,20,21);1H. The second kappa shape index (κ2) is 7.51. The van der Waals surface area contributed by atoms with Crippen LogP contribution >= 0.6 is 24.0 Å². The van der Waals surface area contributed by atoms with Crippen molar-refractivity contribution in [1.29, 1.82) is 0 Å². The zero-order valence-electron chi connectivity index (χ0n) is 12.9. The molecule has 3 rings (SSSR count). The first kappa shape index (κ1) is 18.0. The minimum atomic E-state index is -0.181. The first-order valence-corrected chi connectivity index (χ1v) is 8.04. The Balaban J connectivity index is 0.00000192. The van der Waals surface area contributed by atoms with Crippen molar-refractivity contribution in [3.63, 3.8) is 0 Å². The van der Waals surface area contributed by atoms with Crippen LogP contribution in [0.5, 0.6) is 0 Å². The number of hydrogen-bond donors (Lipinski definition) is 3. The lowest BCUT2D eigenvalue weighted by Crippen LogP contribution is -2.48. The van der Waals surface area contributed by atoms with E-state index in [9.17, 15) is 9.59 Å². The topological polar surface area (TPSA) is 70.2 Å². The lowest BCUT2D eigenvalue weighted by atomic mass is 9.88. The highest BCUT2D eigenvalue weighted by molar-refractivity contribution is 6.34. The number of benzene rings is 1. The van der Waals surface area contributed by atoms with E-state index in [-0.39, 0.29) is 36.2 Å². The van der Waals surface area contributed by atoms with E-state index < -0.39 is 0 Å². The van der Waals surface area contributed by atoms with Crippen molar-refractivity contribution < 1.29 is 9.59 Å². The molecule has 1 saturated heterocycles. The highest BCUT2D eigenvalue weighted by Crippen LogP contribution is 2.25. The fourth-order valence-corrected chi connectivity index (χ4v) is 2.61. The fraction of sp³-hybridized carbons (Fsp3) is 0.500. The van der Waals surface area contributed by atoms with Crippen LogP contribution < -0.4 is 16.0 Å². The summed E-state index contributed by atoms with van der Waals surface area (Å²) >= 11 is 6.09. The number of hydrogen-bond acceptors (Lipinski definition) is 3. The van der Waals surface area contributed by atoms with Gasteiger partial charge in [-0.2, -0.15) is 0 Å². The maximum atomic E-state index is 12.2. The molecule has 1 aromatic rings. The van der Waals surface area contributed by atoms with E-state index in [1.807, 2.05) is 6.92 Å². The Bertz CT molecular complexity index is 601. The van der Waals surface area contributed by atoms with Gasteiger partial charge in [0.05, 0.1) is 10.6 Å². The Morgan fingerprint density at radius 2 is 2.00 bits per heavy atom. The van der Waals surface area contributed by atoms with Crippen molar-refractivity contribution in [2.75, 3.05) is 18.4 Å². The molecule has 1 atom stereocenters. The smallest absolute Gasteiger partial charge is 0.253 e. The molecule has 1 heterocycles. The Morgan fingerprint density at radius 3 is 2.57 bits per heavy atom. The van der Waals surface area contributed by atoms with E-state index in [2.05, 4.69) is 16.0 Å². The summed E-state index contributed by atoms with van der Waals surface area (Å²) in [5, 5.41) is 9.35. The predicted octanol–water partition coefficient (Wildman–Crippen LogP) is 2.45. The number of carbonyl (C=O) groups excluding carboxylic acids is 2. The predicted molar refractivity (Wildman–Crippen MR) is 93.3 cm³/mol. The molecule has 0 bridgehead atoms. The number of rotatable bonds is 5. The van der Waals surface area contributed by atoms with Crippen molar-refractivity contribution in [2.45, 2.75) is 25.8 Å². The molecule has 1 unspecified atom stereocenters. The summed E-state index contributed by atoms with van der Waals surface area (Å²) in [4.78, 5) is 24.4. The molecule has 0 aromatic heterocycles. The van der Waals surface area contributed by atoms with Gasteiger partial charge in [-0.1, -0.05) is 18.5 Å². The van der Waals surface area contributed by atoms with Gasteiger partial charge >= 0.3 is 0 Å². The summed E-state index contributed by atoms with van der Waals surface area (Å²) in [6, 6.07) is 5.28. The molecule has 2 amide bonds. The van der Waals surface area contributed by atoms with Crippen molar-refractivity contribution in [1.82, 2.24) is 10.6 Å². The van der Waals surface area contributed by atoms with Crippen LogP contribution in [0.3, 0.4) is 0 Å². The molecular weight excluding hydrogens is 337 g/mol. The second-order valence-corrected chi connectivity index (χ2v) is 6.55. The Hall–Kier alpha value is -1.30. The first-order valence-electron chi connectivity index (χ1n) is 7.66. The first-order chi connectivity index (χ1) is 10.5. The Labute approximate surface area is 146 Å². The summed E-state index contributed by atoms with van der Waals surface area (Å²) in [5.74, 6) is 0.118. The lowest BCUT2D eigenvalue weighted by Gasteiger charge is -2.31. The van der Waals surface area contributed by atoms with Crippen molar-refractivity contribution in [3.05, 3.63) is 28.8 Å². The van der Waals surface area contributed by atoms with Gasteiger partial charge < -0.3 is 16.0 Å². The average molecular weight is 358 g/mol. The maximum Gasteiger partial charge on any atom is 0.253 e. The highest BCUT2D eigenvalue weighted by atomic mass is 35.5. The molecule has 1 saturated carbocycles. The van der Waals surface area contributed by atoms with Crippen LogP contribution in [0.15, 0.2) is 18.2 Å². The van der Waals surface area contributed by atoms with Crippen LogP contribution in [0.25, 0.3) is 0 Å². The molecule has 5 nitrogen and oxygen atoms in total. The van der Waals surface area contributed by atoms with E-state index in [1.54, 1.807) is 18.2 Å². The molecule has 2 fully saturated rings. The largest absolute Gasteiger partial charge is 0.349 e. The van der Waals surface area contributed by atoms with Crippen LogP contribution in [0, 0.1) is 11.8 Å². The van der Waals surface area contributed by atoms with Crippen LogP contribution in [0.4, 0.5) is 5.69 Å². The minimum Gasteiger partial charge on any atom is -0.349 e. The van der Waals surface area contributed by atoms with Gasteiger partial charge in [0.15, 0.2) is 0 Å².